The maximum Gasteiger partial charge on any atom is 0.204 e. The molecule has 84 valence electrons. The van der Waals surface area contributed by atoms with Crippen LogP contribution in [0.1, 0.15) is 38.5 Å². The Balaban J connectivity index is 2.32. The summed E-state index contributed by atoms with van der Waals surface area (Å²) in [6.45, 7) is -0.188. The van der Waals surface area contributed by atoms with Gasteiger partial charge in [0, 0.05) is 24.2 Å². The number of Topliss-reactive ketones (excluding diaryl/α,β-unsaturated/α-hetero) is 2. The lowest BCUT2D eigenvalue weighted by molar-refractivity contribution is -0.480. The highest BCUT2D eigenvalue weighted by molar-refractivity contribution is 6.02. The smallest absolute Gasteiger partial charge is 0.204 e. The summed E-state index contributed by atoms with van der Waals surface area (Å²) < 4.78 is 0. The molecule has 0 N–H and O–H groups in total. The SMILES string of the molecule is O=C1CCCCC1C(=O)CCC[N+](=O)[O-]. The molecule has 0 saturated heterocycles. The van der Waals surface area contributed by atoms with Gasteiger partial charge in [-0.1, -0.05) is 6.42 Å². The minimum atomic E-state index is -0.467. The monoisotopic (exact) mass is 213 g/mol. The average Bonchev–Trinajstić information content (AvgIpc) is 2.17. The number of nitrogens with zero attached hydrogens (tertiary/aromatic N) is 1. The second-order valence-corrected chi connectivity index (χ2v) is 3.89. The second-order valence-electron chi connectivity index (χ2n) is 3.89. The molecule has 1 atom stereocenters. The maximum atomic E-state index is 11.5. The van der Waals surface area contributed by atoms with Gasteiger partial charge in [0.25, 0.3) is 0 Å². The molecule has 1 saturated carbocycles. The lowest BCUT2D eigenvalue weighted by Gasteiger charge is -2.18. The Bertz CT molecular complexity index is 275. The molecule has 0 aromatic rings. The van der Waals surface area contributed by atoms with Gasteiger partial charge >= 0.3 is 0 Å². The molecule has 0 aliphatic heterocycles. The second kappa shape index (κ2) is 5.58. The van der Waals surface area contributed by atoms with Gasteiger partial charge in [0.1, 0.15) is 11.6 Å². The first-order chi connectivity index (χ1) is 7.11. The summed E-state index contributed by atoms with van der Waals surface area (Å²) in [5, 5.41) is 10.0. The fourth-order valence-electron chi connectivity index (χ4n) is 1.88. The van der Waals surface area contributed by atoms with Crippen molar-refractivity contribution in [3.05, 3.63) is 10.1 Å². The molecular weight excluding hydrogens is 198 g/mol. The molecule has 1 aliphatic rings. The third-order valence-corrected chi connectivity index (χ3v) is 2.71. The molecule has 0 aromatic heterocycles. The number of hydrogen-bond acceptors (Lipinski definition) is 4. The van der Waals surface area contributed by atoms with Crippen LogP contribution in [0.3, 0.4) is 0 Å². The fraction of sp³-hybridized carbons (Fsp3) is 0.800. The fourth-order valence-corrected chi connectivity index (χ4v) is 1.88. The molecule has 0 radical (unpaired) electrons. The van der Waals surface area contributed by atoms with E-state index >= 15 is 0 Å². The Labute approximate surface area is 88.0 Å². The zero-order valence-electron chi connectivity index (χ0n) is 8.61. The first kappa shape index (κ1) is 11.8. The topological polar surface area (TPSA) is 77.3 Å². The summed E-state index contributed by atoms with van der Waals surface area (Å²) >= 11 is 0. The number of ketones is 2. The van der Waals surface area contributed by atoms with Crippen LogP contribution in [0.2, 0.25) is 0 Å². The van der Waals surface area contributed by atoms with Gasteiger partial charge in [-0.3, -0.25) is 19.7 Å². The highest BCUT2D eigenvalue weighted by atomic mass is 16.6. The van der Waals surface area contributed by atoms with Gasteiger partial charge in [0.15, 0.2) is 0 Å². The Hall–Kier alpha value is -1.26. The van der Waals surface area contributed by atoms with E-state index in [0.29, 0.717) is 12.8 Å². The Morgan fingerprint density at radius 1 is 1.47 bits per heavy atom. The number of hydrogen-bond donors (Lipinski definition) is 0. The molecule has 0 bridgehead atoms. The summed E-state index contributed by atoms with van der Waals surface area (Å²) in [5.74, 6) is -0.556. The zero-order chi connectivity index (χ0) is 11.3. The predicted octanol–water partition coefficient (Wildman–Crippen LogP) is 1.37. The van der Waals surface area contributed by atoms with E-state index in [9.17, 15) is 19.7 Å². The molecule has 1 unspecified atom stereocenters. The Kier molecular flexibility index (Phi) is 4.39. The summed E-state index contributed by atoms with van der Waals surface area (Å²) in [4.78, 5) is 32.5. The van der Waals surface area contributed by atoms with Crippen molar-refractivity contribution < 1.29 is 14.5 Å². The van der Waals surface area contributed by atoms with Crippen molar-refractivity contribution in [1.82, 2.24) is 0 Å². The molecule has 0 amide bonds. The highest BCUT2D eigenvalue weighted by Crippen LogP contribution is 2.22. The van der Waals surface area contributed by atoms with Crippen LogP contribution in [0, 0.1) is 16.0 Å². The van der Waals surface area contributed by atoms with Crippen LogP contribution >= 0.6 is 0 Å². The molecule has 5 heteroatoms. The van der Waals surface area contributed by atoms with E-state index in [2.05, 4.69) is 0 Å². The van der Waals surface area contributed by atoms with E-state index in [4.69, 9.17) is 0 Å². The molecule has 1 aliphatic carbocycles. The van der Waals surface area contributed by atoms with E-state index < -0.39 is 10.8 Å². The lowest BCUT2D eigenvalue weighted by Crippen LogP contribution is -2.27. The summed E-state index contributed by atoms with van der Waals surface area (Å²) in [6.07, 6.45) is 3.32. The Morgan fingerprint density at radius 3 is 2.80 bits per heavy atom. The van der Waals surface area contributed by atoms with Crippen LogP contribution in [0.5, 0.6) is 0 Å². The molecule has 5 nitrogen and oxygen atoms in total. The molecule has 0 heterocycles. The Morgan fingerprint density at radius 2 is 2.20 bits per heavy atom. The predicted molar refractivity (Wildman–Crippen MR) is 53.1 cm³/mol. The number of carbonyl (C=O) groups excluding carboxylic acids is 2. The number of rotatable bonds is 5. The van der Waals surface area contributed by atoms with Crippen LogP contribution in [0.4, 0.5) is 0 Å². The van der Waals surface area contributed by atoms with Crippen molar-refractivity contribution in [3.63, 3.8) is 0 Å². The van der Waals surface area contributed by atoms with Gasteiger partial charge < -0.3 is 0 Å². The van der Waals surface area contributed by atoms with Crippen LogP contribution in [0.25, 0.3) is 0 Å². The largest absolute Gasteiger partial charge is 0.299 e. The quantitative estimate of drug-likeness (QED) is 0.392. The van der Waals surface area contributed by atoms with Gasteiger partial charge in [-0.25, -0.2) is 0 Å². The lowest BCUT2D eigenvalue weighted by atomic mass is 9.84. The van der Waals surface area contributed by atoms with Crippen molar-refractivity contribution in [2.75, 3.05) is 6.54 Å². The first-order valence-corrected chi connectivity index (χ1v) is 5.28. The van der Waals surface area contributed by atoms with Crippen LogP contribution in [0.15, 0.2) is 0 Å². The van der Waals surface area contributed by atoms with Crippen molar-refractivity contribution in [3.8, 4) is 0 Å². The van der Waals surface area contributed by atoms with E-state index in [1.807, 2.05) is 0 Å². The van der Waals surface area contributed by atoms with E-state index in [1.54, 1.807) is 0 Å². The van der Waals surface area contributed by atoms with Gasteiger partial charge in [0.2, 0.25) is 6.54 Å². The third-order valence-electron chi connectivity index (χ3n) is 2.71. The number of nitro groups is 1. The van der Waals surface area contributed by atoms with Crippen molar-refractivity contribution in [2.24, 2.45) is 5.92 Å². The van der Waals surface area contributed by atoms with E-state index in [1.165, 1.54) is 0 Å². The minimum Gasteiger partial charge on any atom is -0.299 e. The van der Waals surface area contributed by atoms with Crippen molar-refractivity contribution in [2.45, 2.75) is 38.5 Å². The molecule has 0 spiro atoms. The minimum absolute atomic E-state index is 0.0207. The number of carbonyl (C=O) groups is 2. The normalized spacial score (nSPS) is 21.3. The maximum absolute atomic E-state index is 11.5. The van der Waals surface area contributed by atoms with Crippen LogP contribution < -0.4 is 0 Å². The van der Waals surface area contributed by atoms with Gasteiger partial charge in [0.05, 0.1) is 5.92 Å². The standard InChI is InChI=1S/C10H15NO4/c12-9-5-2-1-4-8(9)10(13)6-3-7-11(14)15/h8H,1-7H2. The summed E-state index contributed by atoms with van der Waals surface area (Å²) in [5.41, 5.74) is 0. The third kappa shape index (κ3) is 3.77. The molecular formula is C10H15NO4. The van der Waals surface area contributed by atoms with Crippen LogP contribution in [-0.4, -0.2) is 23.0 Å². The molecule has 1 fully saturated rings. The van der Waals surface area contributed by atoms with Gasteiger partial charge in [-0.05, 0) is 12.8 Å². The molecule has 0 aromatic carbocycles. The zero-order valence-corrected chi connectivity index (χ0v) is 8.61. The summed E-state index contributed by atoms with van der Waals surface area (Å²) in [6, 6.07) is 0. The van der Waals surface area contributed by atoms with Crippen molar-refractivity contribution in [1.29, 1.82) is 0 Å². The van der Waals surface area contributed by atoms with Gasteiger partial charge in [-0.15, -0.1) is 0 Å². The van der Waals surface area contributed by atoms with Crippen LogP contribution in [-0.2, 0) is 9.59 Å². The van der Waals surface area contributed by atoms with Gasteiger partial charge in [-0.2, -0.15) is 0 Å². The average molecular weight is 213 g/mol. The first-order valence-electron chi connectivity index (χ1n) is 5.28. The van der Waals surface area contributed by atoms with E-state index in [0.717, 1.165) is 12.8 Å². The van der Waals surface area contributed by atoms with E-state index in [-0.39, 0.29) is 31.0 Å². The molecule has 1 rings (SSSR count). The summed E-state index contributed by atoms with van der Waals surface area (Å²) in [7, 11) is 0. The highest BCUT2D eigenvalue weighted by Gasteiger charge is 2.28. The van der Waals surface area contributed by atoms with Crippen molar-refractivity contribution >= 4 is 11.6 Å². The molecule has 15 heavy (non-hydrogen) atoms.